The monoisotopic (exact) mass is 340 g/mol. The molecule has 2 atom stereocenters. The number of carbonyl (C=O) groups excluding carboxylic acids is 2. The summed E-state index contributed by atoms with van der Waals surface area (Å²) in [6.07, 6.45) is 10.9. The van der Waals surface area contributed by atoms with Gasteiger partial charge in [-0.25, -0.2) is 0 Å². The SMILES string of the molecule is C#CCOc1ccc(C(=O)N[C@@H]2CCC[C@@H](C(=O)NC3CC3)C2)cc1. The molecule has 25 heavy (non-hydrogen) atoms. The Morgan fingerprint density at radius 1 is 1.08 bits per heavy atom. The summed E-state index contributed by atoms with van der Waals surface area (Å²) in [5.74, 6) is 3.09. The first-order chi connectivity index (χ1) is 12.2. The smallest absolute Gasteiger partial charge is 0.251 e. The maximum Gasteiger partial charge on any atom is 0.251 e. The Hall–Kier alpha value is -2.48. The molecule has 5 nitrogen and oxygen atoms in total. The maximum absolute atomic E-state index is 12.4. The quantitative estimate of drug-likeness (QED) is 0.781. The van der Waals surface area contributed by atoms with Crippen molar-refractivity contribution in [2.45, 2.75) is 50.6 Å². The van der Waals surface area contributed by atoms with E-state index >= 15 is 0 Å². The van der Waals surface area contributed by atoms with Crippen LogP contribution in [0.5, 0.6) is 5.75 Å². The minimum atomic E-state index is -0.114. The molecule has 2 saturated carbocycles. The summed E-state index contributed by atoms with van der Waals surface area (Å²) in [6, 6.07) is 7.35. The van der Waals surface area contributed by atoms with Crippen molar-refractivity contribution in [2.75, 3.05) is 6.61 Å². The molecule has 2 fully saturated rings. The van der Waals surface area contributed by atoms with Crippen molar-refractivity contribution in [2.24, 2.45) is 5.92 Å². The second-order valence-electron chi connectivity index (χ2n) is 6.83. The molecule has 1 aromatic rings. The van der Waals surface area contributed by atoms with Crippen molar-refractivity contribution in [1.82, 2.24) is 10.6 Å². The zero-order chi connectivity index (χ0) is 17.6. The van der Waals surface area contributed by atoms with Gasteiger partial charge in [0.05, 0.1) is 0 Å². The summed E-state index contributed by atoms with van der Waals surface area (Å²) in [5.41, 5.74) is 0.581. The number of hydrogen-bond donors (Lipinski definition) is 2. The normalized spacial score (nSPS) is 22.5. The standard InChI is InChI=1S/C20H24N2O3/c1-2-12-25-18-10-6-14(7-11-18)19(23)22-17-5-3-4-15(13-17)20(24)21-16-8-9-16/h1,6-7,10-11,15-17H,3-5,8-9,12-13H2,(H,21,24)(H,22,23)/t15-,17-/m1/s1. The molecule has 0 aliphatic heterocycles. The lowest BCUT2D eigenvalue weighted by Crippen LogP contribution is -2.42. The van der Waals surface area contributed by atoms with Gasteiger partial charge < -0.3 is 15.4 Å². The van der Waals surface area contributed by atoms with E-state index < -0.39 is 0 Å². The second-order valence-corrected chi connectivity index (χ2v) is 6.83. The molecular weight excluding hydrogens is 316 g/mol. The van der Waals surface area contributed by atoms with Crippen LogP contribution in [0.4, 0.5) is 0 Å². The number of benzene rings is 1. The van der Waals surface area contributed by atoms with Gasteiger partial charge in [-0.1, -0.05) is 12.3 Å². The molecule has 0 aromatic heterocycles. The topological polar surface area (TPSA) is 67.4 Å². The van der Waals surface area contributed by atoms with E-state index in [1.165, 1.54) is 0 Å². The van der Waals surface area contributed by atoms with Gasteiger partial charge in [0.2, 0.25) is 5.91 Å². The van der Waals surface area contributed by atoms with E-state index in [0.717, 1.165) is 32.1 Å². The summed E-state index contributed by atoms with van der Waals surface area (Å²) in [7, 11) is 0. The summed E-state index contributed by atoms with van der Waals surface area (Å²) in [5, 5.41) is 6.13. The van der Waals surface area contributed by atoms with Crippen LogP contribution in [0, 0.1) is 18.3 Å². The molecule has 1 aromatic carbocycles. The molecule has 0 bridgehead atoms. The molecule has 2 N–H and O–H groups in total. The summed E-state index contributed by atoms with van der Waals surface area (Å²) in [4.78, 5) is 24.6. The predicted octanol–water partition coefficient (Wildman–Crippen LogP) is 2.27. The van der Waals surface area contributed by atoms with E-state index in [9.17, 15) is 9.59 Å². The van der Waals surface area contributed by atoms with Crippen LogP contribution in [-0.2, 0) is 4.79 Å². The van der Waals surface area contributed by atoms with Crippen LogP contribution < -0.4 is 15.4 Å². The minimum absolute atomic E-state index is 0.0131. The largest absolute Gasteiger partial charge is 0.481 e. The molecule has 0 saturated heterocycles. The molecule has 5 heteroatoms. The van der Waals surface area contributed by atoms with Crippen molar-refractivity contribution in [3.63, 3.8) is 0 Å². The van der Waals surface area contributed by atoms with Gasteiger partial charge in [0.25, 0.3) is 5.91 Å². The molecule has 0 radical (unpaired) electrons. The third-order valence-electron chi connectivity index (χ3n) is 4.74. The summed E-state index contributed by atoms with van der Waals surface area (Å²) < 4.78 is 5.30. The first-order valence-electron chi connectivity index (χ1n) is 8.93. The summed E-state index contributed by atoms with van der Waals surface area (Å²) in [6.45, 7) is 0.206. The molecule has 0 spiro atoms. The highest BCUT2D eigenvalue weighted by molar-refractivity contribution is 5.94. The Labute approximate surface area is 148 Å². The highest BCUT2D eigenvalue weighted by Crippen LogP contribution is 2.27. The van der Waals surface area contributed by atoms with E-state index in [-0.39, 0.29) is 30.4 Å². The zero-order valence-electron chi connectivity index (χ0n) is 14.3. The molecule has 0 unspecified atom stereocenters. The number of nitrogens with one attached hydrogen (secondary N) is 2. The average molecular weight is 340 g/mol. The Bertz CT molecular complexity index is 659. The molecule has 2 aliphatic rings. The highest BCUT2D eigenvalue weighted by Gasteiger charge is 2.31. The van der Waals surface area contributed by atoms with Crippen LogP contribution in [0.15, 0.2) is 24.3 Å². The average Bonchev–Trinajstić information content (AvgIpc) is 3.44. The van der Waals surface area contributed by atoms with E-state index in [2.05, 4.69) is 16.6 Å². The third kappa shape index (κ3) is 4.99. The van der Waals surface area contributed by atoms with Crippen LogP contribution in [-0.4, -0.2) is 30.5 Å². The van der Waals surface area contributed by atoms with Crippen LogP contribution in [0.1, 0.15) is 48.9 Å². The lowest BCUT2D eigenvalue weighted by atomic mass is 9.85. The Morgan fingerprint density at radius 2 is 1.84 bits per heavy atom. The fourth-order valence-electron chi connectivity index (χ4n) is 3.20. The Morgan fingerprint density at radius 3 is 2.52 bits per heavy atom. The van der Waals surface area contributed by atoms with Gasteiger partial charge in [-0.3, -0.25) is 9.59 Å². The first kappa shape index (κ1) is 17.3. The fraction of sp³-hybridized carbons (Fsp3) is 0.500. The number of amides is 2. The second kappa shape index (κ2) is 8.06. The van der Waals surface area contributed by atoms with E-state index in [1.807, 2.05) is 0 Å². The maximum atomic E-state index is 12.4. The number of terminal acetylenes is 1. The lowest BCUT2D eigenvalue weighted by molar-refractivity contribution is -0.126. The van der Waals surface area contributed by atoms with Crippen molar-refractivity contribution < 1.29 is 14.3 Å². The number of ether oxygens (including phenoxy) is 1. The van der Waals surface area contributed by atoms with Crippen molar-refractivity contribution in [1.29, 1.82) is 0 Å². The first-order valence-corrected chi connectivity index (χ1v) is 8.93. The lowest BCUT2D eigenvalue weighted by Gasteiger charge is -2.29. The van der Waals surface area contributed by atoms with Crippen molar-refractivity contribution in [3.05, 3.63) is 29.8 Å². The van der Waals surface area contributed by atoms with Gasteiger partial charge in [-0.15, -0.1) is 6.42 Å². The van der Waals surface area contributed by atoms with E-state index in [1.54, 1.807) is 24.3 Å². The number of hydrogen-bond acceptors (Lipinski definition) is 3. The van der Waals surface area contributed by atoms with Crippen LogP contribution in [0.2, 0.25) is 0 Å². The van der Waals surface area contributed by atoms with Gasteiger partial charge in [0, 0.05) is 23.6 Å². The van der Waals surface area contributed by atoms with Gasteiger partial charge in [0.1, 0.15) is 12.4 Å². The Kier molecular flexibility index (Phi) is 5.60. The molecule has 132 valence electrons. The third-order valence-corrected chi connectivity index (χ3v) is 4.74. The van der Waals surface area contributed by atoms with Gasteiger partial charge in [-0.2, -0.15) is 0 Å². The molecule has 2 aliphatic carbocycles. The predicted molar refractivity (Wildman–Crippen MR) is 95.1 cm³/mol. The zero-order valence-corrected chi connectivity index (χ0v) is 14.3. The van der Waals surface area contributed by atoms with Gasteiger partial charge >= 0.3 is 0 Å². The molecular formula is C20H24N2O3. The van der Waals surface area contributed by atoms with Crippen LogP contribution in [0.3, 0.4) is 0 Å². The van der Waals surface area contributed by atoms with Gasteiger partial charge in [-0.05, 0) is 56.4 Å². The van der Waals surface area contributed by atoms with Crippen molar-refractivity contribution in [3.8, 4) is 18.1 Å². The fourth-order valence-corrected chi connectivity index (χ4v) is 3.20. The van der Waals surface area contributed by atoms with Gasteiger partial charge in [0.15, 0.2) is 0 Å². The molecule has 3 rings (SSSR count). The van der Waals surface area contributed by atoms with Crippen molar-refractivity contribution >= 4 is 11.8 Å². The van der Waals surface area contributed by atoms with Crippen LogP contribution >= 0.6 is 0 Å². The minimum Gasteiger partial charge on any atom is -0.481 e. The molecule has 0 heterocycles. The van der Waals surface area contributed by atoms with E-state index in [4.69, 9.17) is 11.2 Å². The summed E-state index contributed by atoms with van der Waals surface area (Å²) >= 11 is 0. The number of carbonyl (C=O) groups is 2. The highest BCUT2D eigenvalue weighted by atomic mass is 16.5. The van der Waals surface area contributed by atoms with E-state index in [0.29, 0.717) is 23.8 Å². The Balaban J connectivity index is 1.51. The molecule has 2 amide bonds. The number of rotatable bonds is 6. The van der Waals surface area contributed by atoms with Crippen LogP contribution in [0.25, 0.3) is 0 Å².